The number of alkyl halides is 3. The largest absolute Gasteiger partial charge is 0.496 e. The number of carbonyl (C=O) groups excluding carboxylic acids is 2. The standard InChI is InChI=1S/C31H36F3N5O4/c1-42-27-18-23(28(40)36-26-8-13-37(14-9-26)17-12-35)4-5-24(27)20-39-21-30(43-29(39)41)10-15-38(16-11-30)19-22-2-6-25(7-3-22)31(32,33)34/h2-7,18,26H,8-11,13-17,19-21H2,1H3,(H,36,40). The number of hydrogen-bond donors (Lipinski definition) is 1. The van der Waals surface area contributed by atoms with Crippen LogP contribution in [0, 0.1) is 11.3 Å². The summed E-state index contributed by atoms with van der Waals surface area (Å²) in [6.45, 7) is 4.49. The van der Waals surface area contributed by atoms with Gasteiger partial charge in [-0.05, 0) is 42.7 Å². The highest BCUT2D eigenvalue weighted by molar-refractivity contribution is 5.95. The van der Waals surface area contributed by atoms with Crippen molar-refractivity contribution >= 4 is 12.0 Å². The van der Waals surface area contributed by atoms with Gasteiger partial charge in [0.05, 0.1) is 38.4 Å². The van der Waals surface area contributed by atoms with Crippen molar-refractivity contribution in [2.24, 2.45) is 0 Å². The van der Waals surface area contributed by atoms with Crippen LogP contribution in [-0.4, -0.2) is 84.7 Å². The first-order chi connectivity index (χ1) is 20.6. The molecule has 3 heterocycles. The number of hydrogen-bond acceptors (Lipinski definition) is 7. The van der Waals surface area contributed by atoms with Crippen molar-refractivity contribution in [3.8, 4) is 11.8 Å². The molecule has 3 aliphatic heterocycles. The second-order valence-electron chi connectivity index (χ2n) is 11.6. The van der Waals surface area contributed by atoms with Crippen molar-refractivity contribution < 1.29 is 32.2 Å². The number of nitriles is 1. The van der Waals surface area contributed by atoms with Crippen LogP contribution in [0.2, 0.25) is 0 Å². The zero-order valence-corrected chi connectivity index (χ0v) is 24.2. The molecule has 12 heteroatoms. The third-order valence-corrected chi connectivity index (χ3v) is 8.62. The van der Waals surface area contributed by atoms with Crippen LogP contribution >= 0.6 is 0 Å². The maximum Gasteiger partial charge on any atom is 0.416 e. The number of rotatable bonds is 8. The Labute approximate surface area is 249 Å². The van der Waals surface area contributed by atoms with Crippen LogP contribution in [0.25, 0.3) is 0 Å². The van der Waals surface area contributed by atoms with Gasteiger partial charge in [-0.25, -0.2) is 4.79 Å². The average molecular weight is 600 g/mol. The van der Waals surface area contributed by atoms with Gasteiger partial charge in [0.15, 0.2) is 0 Å². The van der Waals surface area contributed by atoms with E-state index in [-0.39, 0.29) is 18.5 Å². The molecule has 1 N–H and O–H groups in total. The normalized spacial score (nSPS) is 19.7. The van der Waals surface area contributed by atoms with Crippen molar-refractivity contribution in [1.82, 2.24) is 20.0 Å². The number of nitrogens with one attached hydrogen (secondary N) is 1. The lowest BCUT2D eigenvalue weighted by molar-refractivity contribution is -0.137. The van der Waals surface area contributed by atoms with E-state index in [0.29, 0.717) is 56.9 Å². The number of carbonyl (C=O) groups is 2. The zero-order chi connectivity index (χ0) is 30.6. The summed E-state index contributed by atoms with van der Waals surface area (Å²) >= 11 is 0. The maximum atomic E-state index is 12.9. The van der Waals surface area contributed by atoms with Crippen LogP contribution in [-0.2, 0) is 24.0 Å². The molecule has 2 amide bonds. The molecule has 0 bridgehead atoms. The van der Waals surface area contributed by atoms with Crippen LogP contribution in [0.4, 0.5) is 18.0 Å². The molecule has 43 heavy (non-hydrogen) atoms. The molecule has 3 saturated heterocycles. The Hall–Kier alpha value is -3.82. The summed E-state index contributed by atoms with van der Waals surface area (Å²) in [4.78, 5) is 31.7. The monoisotopic (exact) mass is 599 g/mol. The first-order valence-corrected chi connectivity index (χ1v) is 14.5. The van der Waals surface area contributed by atoms with Crippen LogP contribution in [0.5, 0.6) is 5.75 Å². The van der Waals surface area contributed by atoms with Gasteiger partial charge in [0.2, 0.25) is 0 Å². The van der Waals surface area contributed by atoms with Crippen LogP contribution in [0.15, 0.2) is 42.5 Å². The van der Waals surface area contributed by atoms with Crippen molar-refractivity contribution in [1.29, 1.82) is 5.26 Å². The molecule has 5 rings (SSSR count). The van der Waals surface area contributed by atoms with E-state index in [9.17, 15) is 22.8 Å². The summed E-state index contributed by atoms with van der Waals surface area (Å²) in [5.41, 5.74) is 0.771. The van der Waals surface area contributed by atoms with E-state index in [0.717, 1.165) is 49.2 Å². The summed E-state index contributed by atoms with van der Waals surface area (Å²) in [7, 11) is 1.53. The molecule has 0 radical (unpaired) electrons. The van der Waals surface area contributed by atoms with E-state index in [1.54, 1.807) is 23.1 Å². The van der Waals surface area contributed by atoms with E-state index >= 15 is 0 Å². The molecule has 0 aliphatic carbocycles. The molecule has 2 aromatic rings. The molecule has 0 unspecified atom stereocenters. The number of likely N-dealkylation sites (tertiary alicyclic amines) is 2. The van der Waals surface area contributed by atoms with Crippen LogP contribution in [0.3, 0.4) is 0 Å². The number of amides is 2. The predicted molar refractivity (Wildman–Crippen MR) is 151 cm³/mol. The lowest BCUT2D eigenvalue weighted by Gasteiger charge is -2.37. The predicted octanol–water partition coefficient (Wildman–Crippen LogP) is 4.42. The molecule has 230 valence electrons. The summed E-state index contributed by atoms with van der Waals surface area (Å²) in [6.07, 6.45) is -1.93. The van der Waals surface area contributed by atoms with E-state index < -0.39 is 23.4 Å². The summed E-state index contributed by atoms with van der Waals surface area (Å²) < 4.78 is 50.0. The fraction of sp³-hybridized carbons (Fsp3) is 0.516. The SMILES string of the molecule is COc1cc(C(=O)NC2CCN(CC#N)CC2)ccc1CN1CC2(CCN(Cc3ccc(C(F)(F)F)cc3)CC2)OC1=O. The molecule has 9 nitrogen and oxygen atoms in total. The zero-order valence-electron chi connectivity index (χ0n) is 24.2. The Bertz CT molecular complexity index is 1340. The van der Waals surface area contributed by atoms with Gasteiger partial charge in [0, 0.05) is 62.7 Å². The average Bonchev–Trinajstić information content (AvgIpc) is 3.29. The fourth-order valence-electron chi connectivity index (χ4n) is 6.08. The van der Waals surface area contributed by atoms with Crippen molar-refractivity contribution in [2.75, 3.05) is 46.4 Å². The molecular formula is C31H36F3N5O4. The first-order valence-electron chi connectivity index (χ1n) is 14.5. The summed E-state index contributed by atoms with van der Waals surface area (Å²) in [5, 5.41) is 11.9. The summed E-state index contributed by atoms with van der Waals surface area (Å²) in [6, 6.07) is 12.6. The minimum absolute atomic E-state index is 0.0463. The molecule has 2 aromatic carbocycles. The number of nitrogens with zero attached hydrogens (tertiary/aromatic N) is 4. The van der Waals surface area contributed by atoms with E-state index in [1.165, 1.54) is 19.2 Å². The van der Waals surface area contributed by atoms with Crippen LogP contribution in [0.1, 0.15) is 52.7 Å². The Morgan fingerprint density at radius 1 is 1.07 bits per heavy atom. The molecule has 0 atom stereocenters. The Morgan fingerprint density at radius 3 is 2.40 bits per heavy atom. The molecular weight excluding hydrogens is 563 g/mol. The number of halogens is 3. The van der Waals surface area contributed by atoms with E-state index in [2.05, 4.69) is 21.2 Å². The quantitative estimate of drug-likeness (QED) is 0.449. The van der Waals surface area contributed by atoms with Gasteiger partial charge in [0.25, 0.3) is 5.91 Å². The van der Waals surface area contributed by atoms with Gasteiger partial charge in [-0.1, -0.05) is 18.2 Å². The van der Waals surface area contributed by atoms with Crippen molar-refractivity contribution in [2.45, 2.75) is 56.6 Å². The number of methoxy groups -OCH3 is 1. The van der Waals surface area contributed by atoms with E-state index in [1.807, 2.05) is 0 Å². The van der Waals surface area contributed by atoms with E-state index in [4.69, 9.17) is 14.7 Å². The Balaban J connectivity index is 1.13. The highest BCUT2D eigenvalue weighted by Crippen LogP contribution is 2.36. The van der Waals surface area contributed by atoms with Gasteiger partial charge >= 0.3 is 12.3 Å². The minimum atomic E-state index is -4.35. The third kappa shape index (κ3) is 7.40. The number of benzene rings is 2. The maximum absolute atomic E-state index is 12.9. The second-order valence-corrected chi connectivity index (χ2v) is 11.6. The first kappa shape index (κ1) is 30.6. The Morgan fingerprint density at radius 2 is 1.77 bits per heavy atom. The smallest absolute Gasteiger partial charge is 0.416 e. The van der Waals surface area contributed by atoms with Gasteiger partial charge in [-0.2, -0.15) is 18.4 Å². The van der Waals surface area contributed by atoms with Crippen molar-refractivity contribution in [3.63, 3.8) is 0 Å². The van der Waals surface area contributed by atoms with Crippen LogP contribution < -0.4 is 10.1 Å². The number of ether oxygens (including phenoxy) is 2. The molecule has 1 spiro atoms. The lowest BCUT2D eigenvalue weighted by atomic mass is 9.91. The fourth-order valence-corrected chi connectivity index (χ4v) is 6.08. The topological polar surface area (TPSA) is 98.1 Å². The van der Waals surface area contributed by atoms with Gasteiger partial charge in [-0.15, -0.1) is 0 Å². The van der Waals surface area contributed by atoms with Crippen molar-refractivity contribution in [3.05, 3.63) is 64.7 Å². The highest BCUT2D eigenvalue weighted by Gasteiger charge is 2.47. The lowest BCUT2D eigenvalue weighted by Crippen LogP contribution is -2.46. The molecule has 3 aliphatic rings. The summed E-state index contributed by atoms with van der Waals surface area (Å²) in [5.74, 6) is 0.322. The Kier molecular flexibility index (Phi) is 9.13. The van der Waals surface area contributed by atoms with Gasteiger partial charge in [-0.3, -0.25) is 19.5 Å². The number of piperidine rings is 2. The highest BCUT2D eigenvalue weighted by atomic mass is 19.4. The van der Waals surface area contributed by atoms with Gasteiger partial charge < -0.3 is 14.8 Å². The molecule has 0 saturated carbocycles. The molecule has 3 fully saturated rings. The minimum Gasteiger partial charge on any atom is -0.496 e. The second kappa shape index (κ2) is 12.8. The molecule has 0 aromatic heterocycles. The third-order valence-electron chi connectivity index (χ3n) is 8.62. The van der Waals surface area contributed by atoms with Gasteiger partial charge in [0.1, 0.15) is 11.4 Å².